The van der Waals surface area contributed by atoms with Crippen LogP contribution in [0.15, 0.2) is 57.4 Å². The van der Waals surface area contributed by atoms with E-state index in [0.29, 0.717) is 28.7 Å². The largest absolute Gasteiger partial charge is 0.490 e. The molecule has 0 aliphatic heterocycles. The molecule has 29 heavy (non-hydrogen) atoms. The van der Waals surface area contributed by atoms with Gasteiger partial charge in [-0.15, -0.1) is 16.4 Å². The van der Waals surface area contributed by atoms with Crippen molar-refractivity contribution in [3.8, 4) is 17.4 Å². The highest BCUT2D eigenvalue weighted by Gasteiger charge is 2.19. The lowest BCUT2D eigenvalue weighted by molar-refractivity contribution is 0.102. The lowest BCUT2D eigenvalue weighted by Crippen LogP contribution is -2.11. The van der Waals surface area contributed by atoms with Gasteiger partial charge >= 0.3 is 6.01 Å². The summed E-state index contributed by atoms with van der Waals surface area (Å²) in [6.07, 6.45) is 0. The van der Waals surface area contributed by atoms with E-state index in [9.17, 15) is 4.79 Å². The van der Waals surface area contributed by atoms with Crippen LogP contribution in [0.3, 0.4) is 0 Å². The quantitative estimate of drug-likeness (QED) is 0.449. The van der Waals surface area contributed by atoms with Crippen molar-refractivity contribution >= 4 is 44.4 Å². The Hall–Kier alpha value is -3.72. The molecule has 0 aliphatic rings. The van der Waals surface area contributed by atoms with Crippen LogP contribution >= 0.6 is 11.3 Å². The van der Waals surface area contributed by atoms with E-state index < -0.39 is 5.91 Å². The number of carbonyl (C=O) groups is 1. The van der Waals surface area contributed by atoms with E-state index in [1.807, 2.05) is 49.4 Å². The topological polar surface area (TPSA) is 103 Å². The first-order valence-electron chi connectivity index (χ1n) is 8.87. The molecular formula is C20H14N4O4S. The van der Waals surface area contributed by atoms with Crippen LogP contribution < -0.4 is 10.1 Å². The first kappa shape index (κ1) is 17.4. The minimum atomic E-state index is -0.412. The Morgan fingerprint density at radius 1 is 1.14 bits per heavy atom. The summed E-state index contributed by atoms with van der Waals surface area (Å²) in [7, 11) is 0. The number of nitrogens with one attached hydrogen (secondary N) is 1. The monoisotopic (exact) mass is 406 g/mol. The lowest BCUT2D eigenvalue weighted by atomic mass is 10.2. The highest BCUT2D eigenvalue weighted by atomic mass is 32.1. The summed E-state index contributed by atoms with van der Waals surface area (Å²) >= 11 is 1.29. The van der Waals surface area contributed by atoms with Crippen LogP contribution in [0.1, 0.15) is 16.7 Å². The van der Waals surface area contributed by atoms with Crippen molar-refractivity contribution in [3.05, 3.63) is 53.5 Å². The molecule has 3 aromatic heterocycles. The fraction of sp³-hybridized carbons (Fsp3) is 0.100. The third-order valence-electron chi connectivity index (χ3n) is 4.15. The van der Waals surface area contributed by atoms with Gasteiger partial charge in [0, 0.05) is 5.39 Å². The molecule has 0 atom stereocenters. The molecule has 0 fully saturated rings. The van der Waals surface area contributed by atoms with Crippen molar-refractivity contribution in [1.29, 1.82) is 0 Å². The van der Waals surface area contributed by atoms with E-state index >= 15 is 0 Å². The second-order valence-electron chi connectivity index (χ2n) is 6.07. The number of fused-ring (bicyclic) bond motifs is 2. The van der Waals surface area contributed by atoms with Gasteiger partial charge in [0.2, 0.25) is 0 Å². The van der Waals surface area contributed by atoms with Gasteiger partial charge in [0.1, 0.15) is 0 Å². The number of furan rings is 1. The summed E-state index contributed by atoms with van der Waals surface area (Å²) in [5.41, 5.74) is 1.36. The van der Waals surface area contributed by atoms with Crippen LogP contribution in [-0.4, -0.2) is 27.7 Å². The highest BCUT2D eigenvalue weighted by Crippen LogP contribution is 2.33. The van der Waals surface area contributed by atoms with Crippen LogP contribution in [-0.2, 0) is 0 Å². The number of anilines is 1. The Morgan fingerprint density at radius 2 is 2.03 bits per heavy atom. The number of hydrogen-bond acceptors (Lipinski definition) is 8. The van der Waals surface area contributed by atoms with Gasteiger partial charge in [-0.05, 0) is 31.2 Å². The predicted octanol–water partition coefficient (Wildman–Crippen LogP) is 4.74. The molecule has 144 valence electrons. The first-order chi connectivity index (χ1) is 14.2. The van der Waals surface area contributed by atoms with Crippen molar-refractivity contribution in [2.24, 2.45) is 0 Å². The van der Waals surface area contributed by atoms with E-state index in [2.05, 4.69) is 20.5 Å². The molecule has 0 radical (unpaired) electrons. The number of benzene rings is 2. The minimum Gasteiger partial charge on any atom is -0.490 e. The smallest absolute Gasteiger partial charge is 0.323 e. The average molecular weight is 406 g/mol. The van der Waals surface area contributed by atoms with E-state index in [0.717, 1.165) is 15.6 Å². The Balaban J connectivity index is 1.39. The van der Waals surface area contributed by atoms with Crippen molar-refractivity contribution in [2.75, 3.05) is 11.9 Å². The molecule has 0 saturated heterocycles. The van der Waals surface area contributed by atoms with Crippen molar-refractivity contribution in [2.45, 2.75) is 6.92 Å². The number of aromatic nitrogens is 3. The second-order valence-corrected chi connectivity index (χ2v) is 7.10. The maximum atomic E-state index is 12.5. The van der Waals surface area contributed by atoms with Gasteiger partial charge in [-0.3, -0.25) is 10.1 Å². The van der Waals surface area contributed by atoms with Gasteiger partial charge in [0.05, 0.1) is 16.8 Å². The number of carbonyl (C=O) groups excluding carboxylic acids is 1. The van der Waals surface area contributed by atoms with E-state index in [-0.39, 0.29) is 11.9 Å². The van der Waals surface area contributed by atoms with Crippen molar-refractivity contribution < 1.29 is 18.4 Å². The molecule has 8 nitrogen and oxygen atoms in total. The Morgan fingerprint density at radius 3 is 2.90 bits per heavy atom. The zero-order valence-corrected chi connectivity index (χ0v) is 16.0. The van der Waals surface area contributed by atoms with Crippen LogP contribution in [0.25, 0.3) is 32.8 Å². The van der Waals surface area contributed by atoms with Crippen molar-refractivity contribution in [3.63, 3.8) is 0 Å². The molecular weight excluding hydrogens is 392 g/mol. The summed E-state index contributed by atoms with van der Waals surface area (Å²) in [4.78, 5) is 16.8. The summed E-state index contributed by atoms with van der Waals surface area (Å²) < 4.78 is 17.9. The third kappa shape index (κ3) is 3.21. The second kappa shape index (κ2) is 7.02. The summed E-state index contributed by atoms with van der Waals surface area (Å²) in [5, 5.41) is 11.6. The minimum absolute atomic E-state index is 0.0326. The average Bonchev–Trinajstić information content (AvgIpc) is 3.45. The van der Waals surface area contributed by atoms with Gasteiger partial charge < -0.3 is 13.6 Å². The summed E-state index contributed by atoms with van der Waals surface area (Å²) in [5.74, 6) is 0.771. The number of rotatable bonds is 5. The zero-order chi connectivity index (χ0) is 19.8. The molecule has 0 spiro atoms. The zero-order valence-electron chi connectivity index (χ0n) is 15.2. The van der Waals surface area contributed by atoms with Gasteiger partial charge in [0.15, 0.2) is 22.1 Å². The number of nitrogens with zero attached hydrogens (tertiary/aromatic N) is 3. The SMILES string of the molecule is CCOc1cccc2cc(-c3nnc(NC(=O)c4nc5ccccc5s4)o3)oc12. The highest BCUT2D eigenvalue weighted by molar-refractivity contribution is 7.20. The molecule has 2 aromatic carbocycles. The molecule has 0 saturated carbocycles. The normalized spacial score (nSPS) is 11.2. The maximum absolute atomic E-state index is 12.5. The van der Waals surface area contributed by atoms with Crippen LogP contribution in [0.4, 0.5) is 6.01 Å². The molecule has 9 heteroatoms. The van der Waals surface area contributed by atoms with E-state index in [1.54, 1.807) is 6.07 Å². The maximum Gasteiger partial charge on any atom is 0.323 e. The predicted molar refractivity (Wildman–Crippen MR) is 108 cm³/mol. The van der Waals surface area contributed by atoms with Gasteiger partial charge in [-0.2, -0.15) is 0 Å². The number of hydrogen-bond donors (Lipinski definition) is 1. The van der Waals surface area contributed by atoms with Crippen LogP contribution in [0.2, 0.25) is 0 Å². The molecule has 5 aromatic rings. The molecule has 1 amide bonds. The third-order valence-corrected chi connectivity index (χ3v) is 5.19. The molecule has 3 heterocycles. The fourth-order valence-electron chi connectivity index (χ4n) is 2.90. The van der Waals surface area contributed by atoms with Gasteiger partial charge in [-0.25, -0.2) is 4.98 Å². The Kier molecular flexibility index (Phi) is 4.21. The summed E-state index contributed by atoms with van der Waals surface area (Å²) in [6, 6.07) is 14.9. The van der Waals surface area contributed by atoms with Gasteiger partial charge in [-0.1, -0.05) is 29.4 Å². The molecule has 0 aliphatic carbocycles. The van der Waals surface area contributed by atoms with Crippen molar-refractivity contribution in [1.82, 2.24) is 15.2 Å². The lowest BCUT2D eigenvalue weighted by Gasteiger charge is -2.01. The fourth-order valence-corrected chi connectivity index (χ4v) is 3.77. The number of amides is 1. The Labute approximate surface area is 168 Å². The Bertz CT molecular complexity index is 1300. The van der Waals surface area contributed by atoms with E-state index in [4.69, 9.17) is 13.6 Å². The molecule has 0 bridgehead atoms. The van der Waals surface area contributed by atoms with Crippen LogP contribution in [0.5, 0.6) is 5.75 Å². The number of ether oxygens (including phenoxy) is 1. The summed E-state index contributed by atoms with van der Waals surface area (Å²) in [6.45, 7) is 2.43. The standard InChI is InChI=1S/C20H14N4O4S/c1-2-26-13-8-5-6-11-10-14(27-16(11)13)18-23-24-20(28-18)22-17(25)19-21-12-7-3-4-9-15(12)29-19/h3-10H,2H2,1H3,(H,22,24,25). The number of thiazole rings is 1. The first-order valence-corrected chi connectivity index (χ1v) is 9.69. The molecule has 5 rings (SSSR count). The molecule has 0 unspecified atom stereocenters. The molecule has 1 N–H and O–H groups in total. The number of para-hydroxylation sites is 2. The van der Waals surface area contributed by atoms with Gasteiger partial charge in [0.25, 0.3) is 11.8 Å². The van der Waals surface area contributed by atoms with E-state index in [1.165, 1.54) is 11.3 Å². The van der Waals surface area contributed by atoms with Crippen LogP contribution in [0, 0.1) is 0 Å².